The Kier molecular flexibility index (Phi) is 2.73. The summed E-state index contributed by atoms with van der Waals surface area (Å²) in [6.07, 6.45) is 4.12. The number of fused-ring (bicyclic) bond motifs is 1. The molecule has 1 atom stereocenters. The number of aliphatic hydroxyl groups is 2. The Morgan fingerprint density at radius 2 is 2.26 bits per heavy atom. The fourth-order valence-corrected chi connectivity index (χ4v) is 2.74. The molecule has 2 aliphatic rings. The largest absolute Gasteiger partial charge is 0.390 e. The molecule has 0 bridgehead atoms. The first-order valence-electron chi connectivity index (χ1n) is 6.28. The minimum absolute atomic E-state index is 0.00449. The number of nitrogens with one attached hydrogen (secondary N) is 1. The maximum Gasteiger partial charge on any atom is 0.277 e. The van der Waals surface area contributed by atoms with Crippen LogP contribution in [0, 0.1) is 0 Å². The van der Waals surface area contributed by atoms with Crippen molar-refractivity contribution in [3.8, 4) is 0 Å². The van der Waals surface area contributed by atoms with Gasteiger partial charge in [0.2, 0.25) is 0 Å². The normalized spacial score (nSPS) is 27.4. The number of nitrogens with two attached hydrogens (primary N) is 1. The molecule has 1 saturated carbocycles. The number of anilines is 1. The highest BCUT2D eigenvalue weighted by molar-refractivity contribution is 6.00. The first kappa shape index (κ1) is 12.4. The van der Waals surface area contributed by atoms with E-state index < -0.39 is 19.1 Å². The van der Waals surface area contributed by atoms with Gasteiger partial charge in [0.25, 0.3) is 5.91 Å². The van der Waals surface area contributed by atoms with Gasteiger partial charge in [0, 0.05) is 6.04 Å². The van der Waals surface area contributed by atoms with E-state index in [1.54, 1.807) is 0 Å². The number of aromatic amines is 1. The smallest absolute Gasteiger partial charge is 0.277 e. The summed E-state index contributed by atoms with van der Waals surface area (Å²) < 4.78 is 0. The predicted molar refractivity (Wildman–Crippen MR) is 66.0 cm³/mol. The molecule has 3 rings (SSSR count). The summed E-state index contributed by atoms with van der Waals surface area (Å²) in [7, 11) is 0. The topological polar surface area (TPSA) is 119 Å². The second-order valence-corrected chi connectivity index (χ2v) is 4.97. The Bertz CT molecular complexity index is 500. The van der Waals surface area contributed by atoms with Crippen LogP contribution in [0.15, 0.2) is 6.33 Å². The third-order valence-corrected chi connectivity index (χ3v) is 4.01. The molecule has 1 aromatic rings. The molecule has 8 heteroatoms. The average molecular weight is 267 g/mol. The quantitative estimate of drug-likeness (QED) is 0.545. The lowest BCUT2D eigenvalue weighted by molar-refractivity contribution is -0.0248. The molecule has 0 saturated heterocycles. The summed E-state index contributed by atoms with van der Waals surface area (Å²) >= 11 is 0. The number of H-pyrrole nitrogens is 1. The summed E-state index contributed by atoms with van der Waals surface area (Å²) in [5, 5.41) is 19.2. The van der Waals surface area contributed by atoms with Crippen molar-refractivity contribution in [1.82, 2.24) is 14.9 Å². The second kappa shape index (κ2) is 4.19. The van der Waals surface area contributed by atoms with Gasteiger partial charge in [-0.1, -0.05) is 0 Å². The van der Waals surface area contributed by atoms with E-state index >= 15 is 0 Å². The van der Waals surface area contributed by atoms with E-state index in [1.807, 2.05) is 0 Å². The Morgan fingerprint density at radius 1 is 1.53 bits per heavy atom. The van der Waals surface area contributed by atoms with Crippen LogP contribution in [0.3, 0.4) is 0 Å². The maximum atomic E-state index is 12.5. The van der Waals surface area contributed by atoms with Gasteiger partial charge in [-0.25, -0.2) is 4.98 Å². The standard InChI is InChI=1S/C11H17N5O3/c12-11(4-17)15(6-18)9-8(13-5-14-9)10(19)16(11)7-2-1-3-7/h5,7,17-18H,1-4,6,12H2,(H,13,14). The van der Waals surface area contributed by atoms with Gasteiger partial charge in [-0.2, -0.15) is 0 Å². The molecule has 5 N–H and O–H groups in total. The number of nitrogens with zero attached hydrogens (tertiary/aromatic N) is 3. The lowest BCUT2D eigenvalue weighted by Gasteiger charge is -2.54. The number of imidazole rings is 1. The molecule has 1 aliphatic heterocycles. The molecule has 8 nitrogen and oxygen atoms in total. The highest BCUT2D eigenvalue weighted by atomic mass is 16.3. The highest BCUT2D eigenvalue weighted by Crippen LogP contribution is 2.38. The molecule has 1 aliphatic carbocycles. The number of hydrogen-bond donors (Lipinski definition) is 4. The van der Waals surface area contributed by atoms with E-state index in [0.717, 1.165) is 19.3 Å². The van der Waals surface area contributed by atoms with Crippen LogP contribution in [0.5, 0.6) is 0 Å². The van der Waals surface area contributed by atoms with Gasteiger partial charge in [-0.15, -0.1) is 0 Å². The van der Waals surface area contributed by atoms with Gasteiger partial charge in [0.15, 0.2) is 11.6 Å². The zero-order valence-electron chi connectivity index (χ0n) is 10.4. The van der Waals surface area contributed by atoms with Gasteiger partial charge in [0.1, 0.15) is 12.4 Å². The number of aromatic nitrogens is 2. The van der Waals surface area contributed by atoms with Crippen molar-refractivity contribution in [2.75, 3.05) is 18.2 Å². The zero-order chi connectivity index (χ0) is 13.6. The van der Waals surface area contributed by atoms with Gasteiger partial charge >= 0.3 is 0 Å². The van der Waals surface area contributed by atoms with Crippen LogP contribution in [0.2, 0.25) is 0 Å². The average Bonchev–Trinajstić information content (AvgIpc) is 2.81. The molecule has 0 spiro atoms. The van der Waals surface area contributed by atoms with Crippen molar-refractivity contribution < 1.29 is 15.0 Å². The van der Waals surface area contributed by atoms with Crippen molar-refractivity contribution in [1.29, 1.82) is 0 Å². The van der Waals surface area contributed by atoms with Gasteiger partial charge < -0.3 is 15.2 Å². The molecule has 104 valence electrons. The summed E-state index contributed by atoms with van der Waals surface area (Å²) in [6.45, 7) is -0.895. The third kappa shape index (κ3) is 1.50. The lowest BCUT2D eigenvalue weighted by atomic mass is 9.89. The fraction of sp³-hybridized carbons (Fsp3) is 0.636. The SMILES string of the molecule is NC1(CO)N(CO)c2nc[nH]c2C(=O)N1C1CCC1. The molecule has 19 heavy (non-hydrogen) atoms. The molecular weight excluding hydrogens is 250 g/mol. The minimum atomic E-state index is -1.45. The highest BCUT2D eigenvalue weighted by Gasteiger charge is 2.52. The second-order valence-electron chi connectivity index (χ2n) is 4.97. The first-order chi connectivity index (χ1) is 9.13. The number of hydrogen-bond acceptors (Lipinski definition) is 6. The Labute approximate surface area is 109 Å². The van der Waals surface area contributed by atoms with E-state index in [-0.39, 0.29) is 17.8 Å². The molecule has 1 unspecified atom stereocenters. The number of aliphatic hydroxyl groups excluding tert-OH is 2. The van der Waals surface area contributed by atoms with Crippen LogP contribution < -0.4 is 10.6 Å². The number of amides is 1. The van der Waals surface area contributed by atoms with Crippen LogP contribution in [0.1, 0.15) is 29.8 Å². The maximum absolute atomic E-state index is 12.5. The number of carbonyl (C=O) groups excluding carboxylic acids is 1. The van der Waals surface area contributed by atoms with Gasteiger partial charge in [0.05, 0.1) is 12.9 Å². The van der Waals surface area contributed by atoms with Crippen LogP contribution in [0.25, 0.3) is 0 Å². The van der Waals surface area contributed by atoms with Crippen molar-refractivity contribution in [3.63, 3.8) is 0 Å². The molecule has 1 fully saturated rings. The van der Waals surface area contributed by atoms with E-state index in [4.69, 9.17) is 5.73 Å². The summed E-state index contributed by atoms with van der Waals surface area (Å²) in [5.41, 5.74) is 6.50. The van der Waals surface area contributed by atoms with E-state index in [2.05, 4.69) is 9.97 Å². The van der Waals surface area contributed by atoms with E-state index in [0.29, 0.717) is 5.69 Å². The molecule has 0 radical (unpaired) electrons. The molecule has 1 amide bonds. The Balaban J connectivity index is 2.11. The number of rotatable bonds is 3. The summed E-state index contributed by atoms with van der Waals surface area (Å²) in [4.78, 5) is 22.1. The van der Waals surface area contributed by atoms with Crippen molar-refractivity contribution in [2.24, 2.45) is 5.73 Å². The van der Waals surface area contributed by atoms with Crippen molar-refractivity contribution in [2.45, 2.75) is 31.1 Å². The predicted octanol–water partition coefficient (Wildman–Crippen LogP) is -1.22. The third-order valence-electron chi connectivity index (χ3n) is 4.01. The van der Waals surface area contributed by atoms with Gasteiger partial charge in [-0.05, 0) is 19.3 Å². The molecule has 1 aromatic heterocycles. The van der Waals surface area contributed by atoms with Gasteiger partial charge in [-0.3, -0.25) is 20.3 Å². The summed E-state index contributed by atoms with van der Waals surface area (Å²) in [5.74, 6) is -1.45. The van der Waals surface area contributed by atoms with E-state index in [1.165, 1.54) is 16.1 Å². The molecule has 2 heterocycles. The van der Waals surface area contributed by atoms with Crippen LogP contribution in [0.4, 0.5) is 5.82 Å². The fourth-order valence-electron chi connectivity index (χ4n) is 2.74. The van der Waals surface area contributed by atoms with Crippen LogP contribution >= 0.6 is 0 Å². The van der Waals surface area contributed by atoms with Crippen LogP contribution in [-0.2, 0) is 0 Å². The van der Waals surface area contributed by atoms with Crippen LogP contribution in [-0.4, -0.2) is 56.2 Å². The summed E-state index contributed by atoms with van der Waals surface area (Å²) in [6, 6.07) is -0.00449. The molecular formula is C11H17N5O3. The first-order valence-corrected chi connectivity index (χ1v) is 6.28. The minimum Gasteiger partial charge on any atom is -0.390 e. The monoisotopic (exact) mass is 267 g/mol. The van der Waals surface area contributed by atoms with Crippen molar-refractivity contribution >= 4 is 11.7 Å². The van der Waals surface area contributed by atoms with Crippen molar-refractivity contribution in [3.05, 3.63) is 12.0 Å². The number of carbonyl (C=O) groups is 1. The Hall–Kier alpha value is -1.64. The Morgan fingerprint density at radius 3 is 2.79 bits per heavy atom. The van der Waals surface area contributed by atoms with E-state index in [9.17, 15) is 15.0 Å². The zero-order valence-corrected chi connectivity index (χ0v) is 10.4. The molecule has 0 aromatic carbocycles. The lowest BCUT2D eigenvalue weighted by Crippen LogP contribution is -2.76.